The van der Waals surface area contributed by atoms with Crippen molar-refractivity contribution in [3.63, 3.8) is 0 Å². The lowest BCUT2D eigenvalue weighted by molar-refractivity contribution is -0.115. The summed E-state index contributed by atoms with van der Waals surface area (Å²) in [7, 11) is 3.36. The maximum Gasteiger partial charge on any atom is 0.253 e. The number of benzene rings is 2. The van der Waals surface area contributed by atoms with Gasteiger partial charge in [-0.1, -0.05) is 12.1 Å². The molecule has 114 valence electrons. The number of carbonyl (C=O) groups excluding carboxylic acids is 2. The quantitative estimate of drug-likeness (QED) is 0.944. The van der Waals surface area contributed by atoms with Gasteiger partial charge in [-0.3, -0.25) is 9.59 Å². The highest BCUT2D eigenvalue weighted by molar-refractivity contribution is 5.96. The molecule has 0 aliphatic heterocycles. The van der Waals surface area contributed by atoms with Gasteiger partial charge in [0.2, 0.25) is 5.91 Å². The second kappa shape index (κ2) is 6.85. The molecule has 0 heterocycles. The third-order valence-corrected chi connectivity index (χ3v) is 3.10. The maximum absolute atomic E-state index is 12.8. The Morgan fingerprint density at radius 2 is 1.59 bits per heavy atom. The van der Waals surface area contributed by atoms with Crippen molar-refractivity contribution in [2.45, 2.75) is 6.42 Å². The zero-order chi connectivity index (χ0) is 16.1. The Kier molecular flexibility index (Phi) is 4.88. The van der Waals surface area contributed by atoms with Crippen molar-refractivity contribution in [3.8, 4) is 0 Å². The Bertz CT molecular complexity index is 664. The monoisotopic (exact) mass is 300 g/mol. The van der Waals surface area contributed by atoms with E-state index in [9.17, 15) is 14.0 Å². The molecule has 2 aromatic carbocycles. The van der Waals surface area contributed by atoms with Crippen LogP contribution in [0.25, 0.3) is 0 Å². The number of nitrogens with zero attached hydrogens (tertiary/aromatic N) is 1. The van der Waals surface area contributed by atoms with Gasteiger partial charge in [0, 0.05) is 25.3 Å². The van der Waals surface area contributed by atoms with Crippen LogP contribution in [-0.2, 0) is 11.2 Å². The molecule has 4 nitrogen and oxygen atoms in total. The molecule has 0 aliphatic carbocycles. The van der Waals surface area contributed by atoms with E-state index in [1.807, 2.05) is 0 Å². The van der Waals surface area contributed by atoms with Crippen LogP contribution in [0.3, 0.4) is 0 Å². The van der Waals surface area contributed by atoms with Crippen LogP contribution in [0, 0.1) is 5.82 Å². The standard InChI is InChI=1S/C17H17FN2O2/c1-20(2)17(22)13-5-9-15(10-6-13)19-16(21)11-12-3-7-14(18)8-4-12/h3-10H,11H2,1-2H3,(H,19,21). The largest absolute Gasteiger partial charge is 0.345 e. The van der Waals surface area contributed by atoms with E-state index in [0.717, 1.165) is 5.56 Å². The topological polar surface area (TPSA) is 49.4 Å². The van der Waals surface area contributed by atoms with Crippen LogP contribution in [0.4, 0.5) is 10.1 Å². The molecule has 22 heavy (non-hydrogen) atoms. The average Bonchev–Trinajstić information content (AvgIpc) is 2.49. The first kappa shape index (κ1) is 15.7. The van der Waals surface area contributed by atoms with Crippen molar-refractivity contribution in [1.29, 1.82) is 0 Å². The Balaban J connectivity index is 1.97. The van der Waals surface area contributed by atoms with E-state index in [1.165, 1.54) is 17.0 Å². The van der Waals surface area contributed by atoms with Crippen LogP contribution >= 0.6 is 0 Å². The smallest absolute Gasteiger partial charge is 0.253 e. The van der Waals surface area contributed by atoms with Crippen molar-refractivity contribution in [3.05, 3.63) is 65.5 Å². The molecule has 0 radical (unpaired) electrons. The van der Waals surface area contributed by atoms with Gasteiger partial charge in [-0.05, 0) is 42.0 Å². The second-order valence-corrected chi connectivity index (χ2v) is 5.13. The minimum atomic E-state index is -0.328. The van der Waals surface area contributed by atoms with Gasteiger partial charge < -0.3 is 10.2 Å². The Morgan fingerprint density at radius 3 is 2.14 bits per heavy atom. The minimum Gasteiger partial charge on any atom is -0.345 e. The van der Waals surface area contributed by atoms with E-state index < -0.39 is 0 Å². The van der Waals surface area contributed by atoms with Gasteiger partial charge in [0.15, 0.2) is 0 Å². The molecule has 0 saturated carbocycles. The summed E-state index contributed by atoms with van der Waals surface area (Å²) in [5.74, 6) is -0.618. The predicted octanol–water partition coefficient (Wildman–Crippen LogP) is 2.71. The van der Waals surface area contributed by atoms with Gasteiger partial charge >= 0.3 is 0 Å². The zero-order valence-electron chi connectivity index (χ0n) is 12.5. The lowest BCUT2D eigenvalue weighted by atomic mass is 10.1. The molecule has 1 N–H and O–H groups in total. The molecule has 0 aromatic heterocycles. The fourth-order valence-electron chi connectivity index (χ4n) is 1.95. The summed E-state index contributed by atoms with van der Waals surface area (Å²) in [6, 6.07) is 12.5. The predicted molar refractivity (Wildman–Crippen MR) is 83.2 cm³/mol. The average molecular weight is 300 g/mol. The van der Waals surface area contributed by atoms with E-state index in [2.05, 4.69) is 5.32 Å². The molecule has 0 bridgehead atoms. The number of hydrogen-bond acceptors (Lipinski definition) is 2. The number of hydrogen-bond donors (Lipinski definition) is 1. The molecule has 2 amide bonds. The molecule has 0 fully saturated rings. The third-order valence-electron chi connectivity index (χ3n) is 3.10. The van der Waals surface area contributed by atoms with Crippen molar-refractivity contribution < 1.29 is 14.0 Å². The van der Waals surface area contributed by atoms with Crippen molar-refractivity contribution >= 4 is 17.5 Å². The third kappa shape index (κ3) is 4.15. The number of nitrogens with one attached hydrogen (secondary N) is 1. The van der Waals surface area contributed by atoms with Gasteiger partial charge in [0.1, 0.15) is 5.82 Å². The first-order valence-electron chi connectivity index (χ1n) is 6.82. The highest BCUT2D eigenvalue weighted by atomic mass is 19.1. The SMILES string of the molecule is CN(C)C(=O)c1ccc(NC(=O)Cc2ccc(F)cc2)cc1. The van der Waals surface area contributed by atoms with E-state index in [4.69, 9.17) is 0 Å². The van der Waals surface area contributed by atoms with Gasteiger partial charge in [-0.2, -0.15) is 0 Å². The maximum atomic E-state index is 12.8. The van der Waals surface area contributed by atoms with Gasteiger partial charge in [0.25, 0.3) is 5.91 Å². The van der Waals surface area contributed by atoms with Crippen LogP contribution in [-0.4, -0.2) is 30.8 Å². The second-order valence-electron chi connectivity index (χ2n) is 5.13. The number of amides is 2. The summed E-state index contributed by atoms with van der Waals surface area (Å²) in [5.41, 5.74) is 1.90. The summed E-state index contributed by atoms with van der Waals surface area (Å²) in [5, 5.41) is 2.74. The molecule has 0 aliphatic rings. The van der Waals surface area contributed by atoms with E-state index in [1.54, 1.807) is 50.5 Å². The normalized spacial score (nSPS) is 10.1. The van der Waals surface area contributed by atoms with Crippen LogP contribution < -0.4 is 5.32 Å². The summed E-state index contributed by atoms with van der Waals surface area (Å²) in [6.45, 7) is 0. The molecule has 5 heteroatoms. The molecule has 0 atom stereocenters. The lowest BCUT2D eigenvalue weighted by Crippen LogP contribution is -2.21. The summed E-state index contributed by atoms with van der Waals surface area (Å²) < 4.78 is 12.8. The Labute approximate surface area is 128 Å². The minimum absolute atomic E-state index is 0.0933. The highest BCUT2D eigenvalue weighted by Crippen LogP contribution is 2.12. The number of anilines is 1. The molecular formula is C17H17FN2O2. The van der Waals surface area contributed by atoms with Crippen LogP contribution in [0.15, 0.2) is 48.5 Å². The van der Waals surface area contributed by atoms with Crippen LogP contribution in [0.1, 0.15) is 15.9 Å². The van der Waals surface area contributed by atoms with Crippen molar-refractivity contribution in [2.75, 3.05) is 19.4 Å². The highest BCUT2D eigenvalue weighted by Gasteiger charge is 2.08. The molecule has 0 spiro atoms. The molecule has 2 rings (SSSR count). The first-order valence-corrected chi connectivity index (χ1v) is 6.82. The molecule has 0 unspecified atom stereocenters. The van der Waals surface area contributed by atoms with Gasteiger partial charge in [-0.25, -0.2) is 4.39 Å². The van der Waals surface area contributed by atoms with E-state index in [0.29, 0.717) is 11.3 Å². The molecular weight excluding hydrogens is 283 g/mol. The van der Waals surface area contributed by atoms with Crippen LogP contribution in [0.5, 0.6) is 0 Å². The Hall–Kier alpha value is -2.69. The van der Waals surface area contributed by atoms with Crippen molar-refractivity contribution in [2.24, 2.45) is 0 Å². The number of rotatable bonds is 4. The van der Waals surface area contributed by atoms with Gasteiger partial charge in [0.05, 0.1) is 6.42 Å². The fourth-order valence-corrected chi connectivity index (χ4v) is 1.95. The number of carbonyl (C=O) groups is 2. The zero-order valence-corrected chi connectivity index (χ0v) is 12.5. The first-order chi connectivity index (χ1) is 10.5. The lowest BCUT2D eigenvalue weighted by Gasteiger charge is -2.11. The molecule has 2 aromatic rings. The summed E-state index contributed by atoms with van der Waals surface area (Å²) in [6.07, 6.45) is 0.165. The fraction of sp³-hybridized carbons (Fsp3) is 0.176. The van der Waals surface area contributed by atoms with E-state index >= 15 is 0 Å². The van der Waals surface area contributed by atoms with E-state index in [-0.39, 0.29) is 24.1 Å². The molecule has 0 saturated heterocycles. The summed E-state index contributed by atoms with van der Waals surface area (Å²) >= 11 is 0. The Morgan fingerprint density at radius 1 is 1.00 bits per heavy atom. The number of halogens is 1. The van der Waals surface area contributed by atoms with Crippen molar-refractivity contribution in [1.82, 2.24) is 4.90 Å². The van der Waals surface area contributed by atoms with Gasteiger partial charge in [-0.15, -0.1) is 0 Å². The summed E-state index contributed by atoms with van der Waals surface area (Å²) in [4.78, 5) is 25.2. The van der Waals surface area contributed by atoms with Crippen LogP contribution in [0.2, 0.25) is 0 Å².